The highest BCUT2D eigenvalue weighted by atomic mass is 127. The van der Waals surface area contributed by atoms with Crippen LogP contribution < -0.4 is 15.4 Å². The van der Waals surface area contributed by atoms with E-state index in [2.05, 4.69) is 29.5 Å². The van der Waals surface area contributed by atoms with Crippen LogP contribution in [0.1, 0.15) is 26.3 Å². The number of aryl methyl sites for hydroxylation is 1. The maximum Gasteiger partial charge on any atom is 0.191 e. The Morgan fingerprint density at radius 1 is 1.22 bits per heavy atom. The molecule has 132 valence electrons. The van der Waals surface area contributed by atoms with Crippen molar-refractivity contribution in [2.45, 2.75) is 39.8 Å². The fourth-order valence-corrected chi connectivity index (χ4v) is 1.95. The number of ether oxygens (including phenoxy) is 2. The van der Waals surface area contributed by atoms with Crippen LogP contribution in [-0.4, -0.2) is 44.9 Å². The van der Waals surface area contributed by atoms with Gasteiger partial charge in [-0.15, -0.1) is 24.0 Å². The molecule has 0 saturated heterocycles. The molecule has 2 N–H and O–H groups in total. The van der Waals surface area contributed by atoms with Crippen molar-refractivity contribution in [1.82, 2.24) is 10.6 Å². The second kappa shape index (κ2) is 12.4. The molecule has 0 aromatic heterocycles. The normalized spacial score (nSPS) is 13.7. The topological polar surface area (TPSA) is 54.9 Å². The van der Waals surface area contributed by atoms with Gasteiger partial charge in [0.05, 0.1) is 13.2 Å². The summed E-state index contributed by atoms with van der Waals surface area (Å²) in [4.78, 5) is 4.56. The van der Waals surface area contributed by atoms with Crippen LogP contribution in [0.25, 0.3) is 0 Å². The van der Waals surface area contributed by atoms with Crippen LogP contribution in [-0.2, 0) is 4.74 Å². The number of nitrogens with one attached hydrogen (secondary N) is 2. The Morgan fingerprint density at radius 2 is 1.87 bits per heavy atom. The molecule has 0 radical (unpaired) electrons. The highest BCUT2D eigenvalue weighted by Gasteiger charge is 2.07. The van der Waals surface area contributed by atoms with Gasteiger partial charge in [0.2, 0.25) is 0 Å². The summed E-state index contributed by atoms with van der Waals surface area (Å²) in [6.45, 7) is 10.2. The summed E-state index contributed by atoms with van der Waals surface area (Å²) < 4.78 is 11.0. The zero-order chi connectivity index (χ0) is 16.4. The fraction of sp³-hybridized carbons (Fsp3) is 0.588. The predicted octanol–water partition coefficient (Wildman–Crippen LogP) is 2.97. The van der Waals surface area contributed by atoms with Gasteiger partial charge in [-0.1, -0.05) is 17.7 Å². The van der Waals surface area contributed by atoms with E-state index in [1.54, 1.807) is 7.11 Å². The van der Waals surface area contributed by atoms with E-state index in [4.69, 9.17) is 9.47 Å². The highest BCUT2D eigenvalue weighted by molar-refractivity contribution is 14.0. The van der Waals surface area contributed by atoms with Gasteiger partial charge in [0, 0.05) is 19.7 Å². The average Bonchev–Trinajstić information content (AvgIpc) is 2.48. The second-order valence-corrected chi connectivity index (χ2v) is 5.46. The highest BCUT2D eigenvalue weighted by Crippen LogP contribution is 2.13. The lowest BCUT2D eigenvalue weighted by molar-refractivity contribution is 0.179. The van der Waals surface area contributed by atoms with E-state index in [1.807, 2.05) is 38.1 Å². The van der Waals surface area contributed by atoms with Gasteiger partial charge >= 0.3 is 0 Å². The minimum absolute atomic E-state index is 0. The Kier molecular flexibility index (Phi) is 11.9. The first-order valence-electron chi connectivity index (χ1n) is 7.82. The SMILES string of the molecule is CCNC(=NCC(C)Oc1ccc(C)cc1)NC(C)COC.I. The molecule has 6 heteroatoms. The summed E-state index contributed by atoms with van der Waals surface area (Å²) in [6.07, 6.45) is 0.0101. The molecule has 1 aromatic carbocycles. The monoisotopic (exact) mass is 435 g/mol. The largest absolute Gasteiger partial charge is 0.489 e. The van der Waals surface area contributed by atoms with Crippen LogP contribution in [0.15, 0.2) is 29.3 Å². The average molecular weight is 435 g/mol. The molecule has 2 unspecified atom stereocenters. The van der Waals surface area contributed by atoms with Gasteiger partial charge in [-0.05, 0) is 39.8 Å². The second-order valence-electron chi connectivity index (χ2n) is 5.46. The van der Waals surface area contributed by atoms with Crippen molar-refractivity contribution < 1.29 is 9.47 Å². The Bertz CT molecular complexity index is 452. The molecule has 0 aliphatic carbocycles. The lowest BCUT2D eigenvalue weighted by atomic mass is 10.2. The van der Waals surface area contributed by atoms with Crippen LogP contribution in [0.5, 0.6) is 5.75 Å². The first-order valence-corrected chi connectivity index (χ1v) is 7.82. The summed E-state index contributed by atoms with van der Waals surface area (Å²) in [7, 11) is 1.69. The van der Waals surface area contributed by atoms with Gasteiger partial charge in [0.1, 0.15) is 11.9 Å². The molecule has 2 atom stereocenters. The van der Waals surface area contributed by atoms with E-state index in [0.717, 1.165) is 18.3 Å². The van der Waals surface area contributed by atoms with Crippen molar-refractivity contribution in [3.8, 4) is 5.75 Å². The molecule has 1 rings (SSSR count). The predicted molar refractivity (Wildman–Crippen MR) is 107 cm³/mol. The lowest BCUT2D eigenvalue weighted by Crippen LogP contribution is -2.44. The number of rotatable bonds is 8. The number of halogens is 1. The maximum atomic E-state index is 5.86. The number of hydrogen-bond donors (Lipinski definition) is 2. The van der Waals surface area contributed by atoms with Crippen LogP contribution in [0.3, 0.4) is 0 Å². The molecule has 0 bridgehead atoms. The molecule has 0 amide bonds. The van der Waals surface area contributed by atoms with E-state index < -0.39 is 0 Å². The molecular weight excluding hydrogens is 405 g/mol. The van der Waals surface area contributed by atoms with E-state index in [9.17, 15) is 0 Å². The van der Waals surface area contributed by atoms with Crippen LogP contribution >= 0.6 is 24.0 Å². The number of benzene rings is 1. The number of aliphatic imine (C=N–C) groups is 1. The molecular formula is C17H30IN3O2. The molecule has 5 nitrogen and oxygen atoms in total. The van der Waals surface area contributed by atoms with E-state index >= 15 is 0 Å². The van der Waals surface area contributed by atoms with Gasteiger partial charge < -0.3 is 20.1 Å². The van der Waals surface area contributed by atoms with Gasteiger partial charge in [-0.3, -0.25) is 0 Å². The minimum Gasteiger partial charge on any atom is -0.489 e. The van der Waals surface area contributed by atoms with Crippen molar-refractivity contribution >= 4 is 29.9 Å². The quantitative estimate of drug-likeness (QED) is 0.375. The van der Waals surface area contributed by atoms with Crippen molar-refractivity contribution in [2.75, 3.05) is 26.8 Å². The molecule has 1 aromatic rings. The van der Waals surface area contributed by atoms with E-state index in [0.29, 0.717) is 13.2 Å². The molecule has 0 saturated carbocycles. The van der Waals surface area contributed by atoms with E-state index in [1.165, 1.54) is 5.56 Å². The van der Waals surface area contributed by atoms with Gasteiger partial charge in [0.25, 0.3) is 0 Å². The number of hydrogen-bond acceptors (Lipinski definition) is 3. The third-order valence-electron chi connectivity index (χ3n) is 3.01. The molecule has 23 heavy (non-hydrogen) atoms. The number of guanidine groups is 1. The molecule has 0 heterocycles. The van der Waals surface area contributed by atoms with Crippen LogP contribution in [0, 0.1) is 6.92 Å². The van der Waals surface area contributed by atoms with Crippen LogP contribution in [0.4, 0.5) is 0 Å². The van der Waals surface area contributed by atoms with Crippen molar-refractivity contribution in [2.24, 2.45) is 4.99 Å². The van der Waals surface area contributed by atoms with Gasteiger partial charge in [-0.25, -0.2) is 4.99 Å². The molecule has 0 aliphatic rings. The summed E-state index contributed by atoms with van der Waals surface area (Å²) >= 11 is 0. The zero-order valence-corrected chi connectivity index (χ0v) is 17.1. The van der Waals surface area contributed by atoms with E-state index in [-0.39, 0.29) is 36.1 Å². The Balaban J connectivity index is 0.00000484. The van der Waals surface area contributed by atoms with Gasteiger partial charge in [0.15, 0.2) is 5.96 Å². The van der Waals surface area contributed by atoms with Crippen molar-refractivity contribution in [1.29, 1.82) is 0 Å². The molecule has 0 spiro atoms. The Hall–Kier alpha value is -1.02. The Morgan fingerprint density at radius 3 is 2.43 bits per heavy atom. The summed E-state index contributed by atoms with van der Waals surface area (Å²) in [6, 6.07) is 8.27. The first-order chi connectivity index (χ1) is 10.5. The fourth-order valence-electron chi connectivity index (χ4n) is 1.95. The zero-order valence-electron chi connectivity index (χ0n) is 14.8. The third kappa shape index (κ3) is 9.65. The van der Waals surface area contributed by atoms with Gasteiger partial charge in [-0.2, -0.15) is 0 Å². The first kappa shape index (κ1) is 22.0. The summed E-state index contributed by atoms with van der Waals surface area (Å²) in [5, 5.41) is 6.53. The minimum atomic E-state index is 0. The lowest BCUT2D eigenvalue weighted by Gasteiger charge is -2.18. The summed E-state index contributed by atoms with van der Waals surface area (Å²) in [5.74, 6) is 1.66. The molecule has 0 fully saturated rings. The van der Waals surface area contributed by atoms with Crippen molar-refractivity contribution in [3.63, 3.8) is 0 Å². The smallest absolute Gasteiger partial charge is 0.191 e. The van der Waals surface area contributed by atoms with Crippen molar-refractivity contribution in [3.05, 3.63) is 29.8 Å². The maximum absolute atomic E-state index is 5.86. The third-order valence-corrected chi connectivity index (χ3v) is 3.01. The number of nitrogens with zero attached hydrogens (tertiary/aromatic N) is 1. The Labute approximate surface area is 157 Å². The summed E-state index contributed by atoms with van der Waals surface area (Å²) in [5.41, 5.74) is 1.23. The van der Waals surface area contributed by atoms with Crippen LogP contribution in [0.2, 0.25) is 0 Å². The standard InChI is InChI=1S/C17H29N3O2.HI/c1-6-18-17(20-14(3)12-21-5)19-11-15(4)22-16-9-7-13(2)8-10-16;/h7-10,14-15H,6,11-12H2,1-5H3,(H2,18,19,20);1H. The molecule has 0 aliphatic heterocycles. The number of methoxy groups -OCH3 is 1.